The monoisotopic (exact) mass is 392 g/mol. The van der Waals surface area contributed by atoms with E-state index in [1.54, 1.807) is 0 Å². The number of thiazole rings is 1. The van der Waals surface area contributed by atoms with Crippen LogP contribution in [0.3, 0.4) is 0 Å². The average Bonchev–Trinajstić information content (AvgIpc) is 3.15. The highest BCUT2D eigenvalue weighted by Gasteiger charge is 2.52. The van der Waals surface area contributed by atoms with Gasteiger partial charge in [0.1, 0.15) is 12.1 Å². The van der Waals surface area contributed by atoms with Crippen molar-refractivity contribution in [3.05, 3.63) is 11.1 Å². The maximum Gasteiger partial charge on any atom is 0.325 e. The summed E-state index contributed by atoms with van der Waals surface area (Å²) in [7, 11) is 0. The Balaban J connectivity index is 1.62. The second-order valence-electron chi connectivity index (χ2n) is 8.59. The summed E-state index contributed by atoms with van der Waals surface area (Å²) in [6, 6.07) is -0.473. The van der Waals surface area contributed by atoms with Gasteiger partial charge < -0.3 is 10.6 Å². The van der Waals surface area contributed by atoms with Crippen LogP contribution in [0.5, 0.6) is 0 Å². The summed E-state index contributed by atoms with van der Waals surface area (Å²) >= 11 is 1.34. The number of carbonyl (C=O) groups is 3. The van der Waals surface area contributed by atoms with E-state index in [2.05, 4.69) is 22.5 Å². The van der Waals surface area contributed by atoms with E-state index >= 15 is 0 Å². The van der Waals surface area contributed by atoms with Gasteiger partial charge in [0.2, 0.25) is 5.91 Å². The third-order valence-electron chi connectivity index (χ3n) is 5.60. The van der Waals surface area contributed by atoms with E-state index in [4.69, 9.17) is 0 Å². The van der Waals surface area contributed by atoms with Gasteiger partial charge in [0.15, 0.2) is 5.13 Å². The first-order valence-corrected chi connectivity index (χ1v) is 10.4. The zero-order chi connectivity index (χ0) is 19.8. The van der Waals surface area contributed by atoms with Gasteiger partial charge in [-0.3, -0.25) is 14.5 Å². The highest BCUT2D eigenvalue weighted by Crippen LogP contribution is 2.37. The zero-order valence-corrected chi connectivity index (χ0v) is 17.2. The Morgan fingerprint density at radius 2 is 2.04 bits per heavy atom. The molecule has 1 saturated heterocycles. The number of hydrogen-bond donors (Lipinski definition) is 2. The summed E-state index contributed by atoms with van der Waals surface area (Å²) in [6.45, 7) is 8.01. The molecule has 1 aliphatic carbocycles. The number of amides is 4. The summed E-state index contributed by atoms with van der Waals surface area (Å²) in [5.41, 5.74) is -0.0260. The standard InChI is InChI=1S/C19H28N4O3S/c1-5-12-6-8-19(9-7-12)15(25)23(17(26)22-19)10-14(24)21-16-20-13(11-27-16)18(2,3)4/h11-12H,5-10H2,1-4H3,(H,22,26)(H,20,21,24). The lowest BCUT2D eigenvalue weighted by atomic mass is 9.75. The van der Waals surface area contributed by atoms with Gasteiger partial charge >= 0.3 is 6.03 Å². The molecule has 3 rings (SSSR count). The minimum absolute atomic E-state index is 0.103. The molecule has 7 nitrogen and oxygen atoms in total. The van der Waals surface area contributed by atoms with E-state index in [1.165, 1.54) is 11.3 Å². The first-order chi connectivity index (χ1) is 12.6. The minimum Gasteiger partial charge on any atom is -0.323 e. The van der Waals surface area contributed by atoms with Crippen LogP contribution in [0.1, 0.15) is 65.5 Å². The van der Waals surface area contributed by atoms with Crippen LogP contribution in [-0.2, 0) is 15.0 Å². The highest BCUT2D eigenvalue weighted by molar-refractivity contribution is 7.13. The summed E-state index contributed by atoms with van der Waals surface area (Å²) in [5, 5.41) is 7.94. The van der Waals surface area contributed by atoms with E-state index in [0.717, 1.165) is 29.9 Å². The van der Waals surface area contributed by atoms with E-state index in [-0.39, 0.29) is 17.9 Å². The summed E-state index contributed by atoms with van der Waals surface area (Å²) < 4.78 is 0. The van der Waals surface area contributed by atoms with Crippen LogP contribution in [0.15, 0.2) is 5.38 Å². The third kappa shape index (κ3) is 4.00. The summed E-state index contributed by atoms with van der Waals surface area (Å²) in [4.78, 5) is 43.0. The molecule has 2 heterocycles. The predicted molar refractivity (Wildman–Crippen MR) is 105 cm³/mol. The van der Waals surface area contributed by atoms with E-state index in [1.807, 2.05) is 26.2 Å². The second-order valence-corrected chi connectivity index (χ2v) is 9.45. The van der Waals surface area contributed by atoms with Crippen molar-refractivity contribution < 1.29 is 14.4 Å². The summed E-state index contributed by atoms with van der Waals surface area (Å²) in [5.74, 6) is -0.0704. The number of imide groups is 1. The van der Waals surface area contributed by atoms with Crippen molar-refractivity contribution in [1.82, 2.24) is 15.2 Å². The number of urea groups is 1. The Labute approximate surface area is 163 Å². The molecular formula is C19H28N4O3S. The maximum atomic E-state index is 12.9. The number of aromatic nitrogens is 1. The van der Waals surface area contributed by atoms with Crippen molar-refractivity contribution in [2.75, 3.05) is 11.9 Å². The molecular weight excluding hydrogens is 364 g/mol. The zero-order valence-electron chi connectivity index (χ0n) is 16.4. The van der Waals surface area contributed by atoms with Crippen LogP contribution in [0.4, 0.5) is 9.93 Å². The molecule has 1 spiro atoms. The van der Waals surface area contributed by atoms with Crippen LogP contribution in [-0.4, -0.2) is 39.8 Å². The van der Waals surface area contributed by atoms with Crippen LogP contribution >= 0.6 is 11.3 Å². The Bertz CT molecular complexity index is 744. The lowest BCUT2D eigenvalue weighted by Gasteiger charge is -2.34. The van der Waals surface area contributed by atoms with Crippen LogP contribution in [0.25, 0.3) is 0 Å². The molecule has 0 radical (unpaired) electrons. The Morgan fingerprint density at radius 3 is 2.59 bits per heavy atom. The first kappa shape index (κ1) is 19.8. The largest absolute Gasteiger partial charge is 0.325 e. The molecule has 1 aromatic rings. The normalized spacial score (nSPS) is 25.8. The Hall–Kier alpha value is -1.96. The smallest absolute Gasteiger partial charge is 0.323 e. The number of anilines is 1. The Morgan fingerprint density at radius 1 is 1.37 bits per heavy atom. The van der Waals surface area contributed by atoms with Crippen LogP contribution < -0.4 is 10.6 Å². The van der Waals surface area contributed by atoms with Crippen molar-refractivity contribution >= 4 is 34.3 Å². The minimum atomic E-state index is -0.816. The second kappa shape index (κ2) is 7.22. The fourth-order valence-electron chi connectivity index (χ4n) is 3.72. The van der Waals surface area contributed by atoms with Gasteiger partial charge in [0.25, 0.3) is 5.91 Å². The van der Waals surface area contributed by atoms with E-state index in [9.17, 15) is 14.4 Å². The van der Waals surface area contributed by atoms with Gasteiger partial charge in [0, 0.05) is 10.8 Å². The van der Waals surface area contributed by atoms with Crippen molar-refractivity contribution in [3.8, 4) is 0 Å². The van der Waals surface area contributed by atoms with Crippen molar-refractivity contribution in [1.29, 1.82) is 0 Å². The molecule has 1 aliphatic heterocycles. The molecule has 0 unspecified atom stereocenters. The number of nitrogens with one attached hydrogen (secondary N) is 2. The fraction of sp³-hybridized carbons (Fsp3) is 0.684. The lowest BCUT2D eigenvalue weighted by molar-refractivity contribution is -0.135. The fourth-order valence-corrected chi connectivity index (χ4v) is 4.67. The van der Waals surface area contributed by atoms with Crippen LogP contribution in [0, 0.1) is 5.92 Å². The molecule has 0 bridgehead atoms. The average molecular weight is 393 g/mol. The first-order valence-electron chi connectivity index (χ1n) is 9.54. The maximum absolute atomic E-state index is 12.9. The van der Waals surface area contributed by atoms with Crippen molar-refractivity contribution in [2.24, 2.45) is 5.92 Å². The number of rotatable bonds is 4. The van der Waals surface area contributed by atoms with Gasteiger partial charge in [0.05, 0.1) is 5.69 Å². The molecule has 0 atom stereocenters. The number of nitrogens with zero attached hydrogens (tertiary/aromatic N) is 2. The topological polar surface area (TPSA) is 91.4 Å². The molecule has 27 heavy (non-hydrogen) atoms. The Kier molecular flexibility index (Phi) is 5.29. The third-order valence-corrected chi connectivity index (χ3v) is 6.36. The number of hydrogen-bond acceptors (Lipinski definition) is 5. The molecule has 2 aliphatic rings. The predicted octanol–water partition coefficient (Wildman–Crippen LogP) is 3.27. The highest BCUT2D eigenvalue weighted by atomic mass is 32.1. The lowest BCUT2D eigenvalue weighted by Crippen LogP contribution is -2.49. The molecule has 1 aromatic heterocycles. The van der Waals surface area contributed by atoms with Gasteiger partial charge in [-0.2, -0.15) is 0 Å². The molecule has 4 amide bonds. The van der Waals surface area contributed by atoms with Crippen molar-refractivity contribution in [2.45, 2.75) is 70.8 Å². The summed E-state index contributed by atoms with van der Waals surface area (Å²) in [6.07, 6.45) is 4.24. The van der Waals surface area contributed by atoms with E-state index < -0.39 is 17.5 Å². The molecule has 2 fully saturated rings. The van der Waals surface area contributed by atoms with Crippen molar-refractivity contribution in [3.63, 3.8) is 0 Å². The van der Waals surface area contributed by atoms with Gasteiger partial charge in [-0.05, 0) is 31.6 Å². The van der Waals surface area contributed by atoms with Gasteiger partial charge in [-0.1, -0.05) is 34.1 Å². The SMILES string of the molecule is CCC1CCC2(CC1)NC(=O)N(CC(=O)Nc1nc(C(C)(C)C)cs1)C2=O. The van der Waals surface area contributed by atoms with Gasteiger partial charge in [-0.15, -0.1) is 11.3 Å². The molecule has 8 heteroatoms. The molecule has 0 aromatic carbocycles. The molecule has 148 valence electrons. The molecule has 1 saturated carbocycles. The number of carbonyl (C=O) groups excluding carboxylic acids is 3. The van der Waals surface area contributed by atoms with E-state index in [0.29, 0.717) is 23.9 Å². The quantitative estimate of drug-likeness (QED) is 0.769. The molecule has 2 N–H and O–H groups in total. The van der Waals surface area contributed by atoms with Crippen LogP contribution in [0.2, 0.25) is 0 Å². The van der Waals surface area contributed by atoms with Gasteiger partial charge in [-0.25, -0.2) is 9.78 Å².